The Hall–Kier alpha value is -1.71. The van der Waals surface area contributed by atoms with Crippen LogP contribution in [0.1, 0.15) is 10.5 Å². The molecule has 11 heavy (non-hydrogen) atoms. The maximum atomic E-state index is 10.7. The van der Waals surface area contributed by atoms with E-state index in [2.05, 4.69) is 4.98 Å². The molecule has 0 aliphatic rings. The van der Waals surface area contributed by atoms with E-state index in [1.54, 1.807) is 12.1 Å². The van der Waals surface area contributed by atoms with Crippen molar-refractivity contribution in [1.82, 2.24) is 4.98 Å². The van der Waals surface area contributed by atoms with E-state index in [-0.39, 0.29) is 5.69 Å². The quantitative estimate of drug-likeness (QED) is 0.490. The second-order valence-corrected chi connectivity index (χ2v) is 1.85. The van der Waals surface area contributed by atoms with Crippen LogP contribution in [-0.2, 0) is 4.79 Å². The molecule has 0 radical (unpaired) electrons. The Bertz CT molecular complexity index is 281. The number of aliphatic carboxylic acids is 1. The number of aromatic nitrogens is 1. The highest BCUT2D eigenvalue weighted by atomic mass is 16.4. The summed E-state index contributed by atoms with van der Waals surface area (Å²) in [6.07, 6.45) is 1.37. The second kappa shape index (κ2) is 2.92. The molecular weight excluding hydrogens is 147 g/mol. The smallest absolute Gasteiger partial charge is 0.378 e. The van der Waals surface area contributed by atoms with E-state index in [4.69, 9.17) is 5.11 Å². The zero-order valence-electron chi connectivity index (χ0n) is 5.52. The predicted molar refractivity (Wildman–Crippen MR) is 36.2 cm³/mol. The number of rotatable bonds is 2. The number of hydrogen-bond acceptors (Lipinski definition) is 3. The monoisotopic (exact) mass is 152 g/mol. The molecular formula is C7H5NO3. The van der Waals surface area contributed by atoms with Crippen LogP contribution >= 0.6 is 0 Å². The zero-order chi connectivity index (χ0) is 8.27. The lowest BCUT2D eigenvalue weighted by atomic mass is 10.3. The van der Waals surface area contributed by atoms with Gasteiger partial charge in [-0.15, -0.1) is 0 Å². The summed E-state index contributed by atoms with van der Waals surface area (Å²) in [5.41, 5.74) is -0.0417. The molecule has 0 aliphatic heterocycles. The number of nitrogens with zero attached hydrogens (tertiary/aromatic N) is 1. The molecule has 0 fully saturated rings. The summed E-state index contributed by atoms with van der Waals surface area (Å²) in [4.78, 5) is 24.4. The van der Waals surface area contributed by atoms with Crippen molar-refractivity contribution in [3.8, 4) is 0 Å². The number of carbonyl (C=O) groups excluding carboxylic acids is 1. The van der Waals surface area contributed by atoms with Crippen LogP contribution in [-0.4, -0.2) is 21.8 Å². The summed E-state index contributed by atoms with van der Waals surface area (Å²) in [6.45, 7) is 0. The van der Waals surface area contributed by atoms with Crippen molar-refractivity contribution in [3.05, 3.63) is 30.1 Å². The van der Waals surface area contributed by atoms with Crippen LogP contribution in [0.25, 0.3) is 0 Å². The third kappa shape index (κ3) is 1.61. The molecule has 4 heteroatoms. The van der Waals surface area contributed by atoms with Crippen molar-refractivity contribution in [2.75, 3.05) is 0 Å². The molecule has 0 spiro atoms. The molecule has 0 amide bonds. The van der Waals surface area contributed by atoms with Gasteiger partial charge < -0.3 is 5.11 Å². The molecule has 56 valence electrons. The number of ketones is 1. The number of carboxylic acid groups (broad SMARTS) is 1. The van der Waals surface area contributed by atoms with Gasteiger partial charge in [0.05, 0.1) is 0 Å². The van der Waals surface area contributed by atoms with Gasteiger partial charge in [0, 0.05) is 6.20 Å². The average Bonchev–Trinajstić information content (AvgIpc) is 2.05. The molecule has 1 aromatic heterocycles. The average molecular weight is 152 g/mol. The summed E-state index contributed by atoms with van der Waals surface area (Å²) >= 11 is 0. The Kier molecular flexibility index (Phi) is 1.96. The highest BCUT2D eigenvalue weighted by Crippen LogP contribution is 1.94. The number of carboxylic acids is 1. The van der Waals surface area contributed by atoms with Gasteiger partial charge in [0.25, 0.3) is 5.78 Å². The molecule has 0 aliphatic carbocycles. The van der Waals surface area contributed by atoms with Crippen LogP contribution in [0.15, 0.2) is 24.4 Å². The van der Waals surface area contributed by atoms with Crippen LogP contribution in [0.4, 0.5) is 0 Å². The molecule has 0 unspecified atom stereocenters. The molecule has 0 saturated heterocycles. The second-order valence-electron chi connectivity index (χ2n) is 1.85. The van der Waals surface area contributed by atoms with E-state index in [0.717, 1.165) is 0 Å². The van der Waals surface area contributed by atoms with Crippen molar-refractivity contribution in [2.45, 2.75) is 0 Å². The van der Waals surface area contributed by atoms with Crippen LogP contribution in [0, 0.1) is 0 Å². The number of hydrogen-bond donors (Lipinski definition) is 1. The maximum absolute atomic E-state index is 10.7. The highest BCUT2D eigenvalue weighted by Gasteiger charge is 2.14. The van der Waals surface area contributed by atoms with Gasteiger partial charge in [-0.25, -0.2) is 4.79 Å². The van der Waals surface area contributed by atoms with Gasteiger partial charge in [0.1, 0.15) is 5.69 Å². The predicted octanol–water partition coefficient (Wildman–Crippen LogP) is 0.349. The van der Waals surface area contributed by atoms with E-state index in [0.29, 0.717) is 0 Å². The molecule has 1 heterocycles. The number of Topliss-reactive ketones (excluding diaryl/α,β-unsaturated/α-hetero) is 1. The molecule has 0 aromatic carbocycles. The fraction of sp³-hybridized carbons (Fsp3) is 0. The molecule has 4 nitrogen and oxygen atoms in total. The minimum absolute atomic E-state index is 0.0417. The molecule has 0 saturated carbocycles. The van der Waals surface area contributed by atoms with E-state index in [1.165, 1.54) is 12.3 Å². The van der Waals surface area contributed by atoms with Gasteiger partial charge in [-0.3, -0.25) is 9.78 Å². The minimum Gasteiger partial charge on any atom is -0.475 e. The fourth-order valence-electron chi connectivity index (χ4n) is 0.607. The maximum Gasteiger partial charge on any atom is 0.378 e. The van der Waals surface area contributed by atoms with Crippen LogP contribution in [0.3, 0.4) is 0 Å². The summed E-state index contributed by atoms with van der Waals surface area (Å²) in [5, 5.41) is 8.25. The first kappa shape index (κ1) is 7.40. The van der Waals surface area contributed by atoms with Gasteiger partial charge in [-0.1, -0.05) is 6.07 Å². The topological polar surface area (TPSA) is 67.3 Å². The van der Waals surface area contributed by atoms with E-state index in [1.807, 2.05) is 0 Å². The number of carbonyl (C=O) groups is 2. The van der Waals surface area contributed by atoms with E-state index < -0.39 is 11.8 Å². The van der Waals surface area contributed by atoms with Gasteiger partial charge in [-0.2, -0.15) is 0 Å². The van der Waals surface area contributed by atoms with Gasteiger partial charge in [0.15, 0.2) is 0 Å². The van der Waals surface area contributed by atoms with Crippen molar-refractivity contribution in [3.63, 3.8) is 0 Å². The fourth-order valence-corrected chi connectivity index (χ4v) is 0.607. The Labute approximate surface area is 62.5 Å². The van der Waals surface area contributed by atoms with Crippen molar-refractivity contribution in [1.29, 1.82) is 0 Å². The van der Waals surface area contributed by atoms with Gasteiger partial charge in [0.2, 0.25) is 0 Å². The van der Waals surface area contributed by atoms with E-state index in [9.17, 15) is 9.59 Å². The summed E-state index contributed by atoms with van der Waals surface area (Å²) in [7, 11) is 0. The van der Waals surface area contributed by atoms with Crippen molar-refractivity contribution in [2.24, 2.45) is 0 Å². The van der Waals surface area contributed by atoms with Crippen molar-refractivity contribution < 1.29 is 14.7 Å². The Morgan fingerprint density at radius 2 is 2.09 bits per heavy atom. The Morgan fingerprint density at radius 3 is 2.55 bits per heavy atom. The molecule has 1 rings (SSSR count). The van der Waals surface area contributed by atoms with Crippen LogP contribution in [0.5, 0.6) is 0 Å². The zero-order valence-corrected chi connectivity index (χ0v) is 5.52. The number of pyridine rings is 1. The Balaban J connectivity index is 2.95. The molecule has 0 bridgehead atoms. The summed E-state index contributed by atoms with van der Waals surface area (Å²) in [5.74, 6) is -2.46. The normalized spacial score (nSPS) is 9.09. The third-order valence-electron chi connectivity index (χ3n) is 1.09. The lowest BCUT2D eigenvalue weighted by Crippen LogP contribution is -2.13. The minimum atomic E-state index is -1.48. The SMILES string of the molecule is O=C(O)C(=O)c1ccc[13cH]n1. The van der Waals surface area contributed by atoms with Gasteiger partial charge >= 0.3 is 5.97 Å². The third-order valence-corrected chi connectivity index (χ3v) is 1.09. The highest BCUT2D eigenvalue weighted by molar-refractivity contribution is 6.39. The first-order chi connectivity index (χ1) is 5.22. The Morgan fingerprint density at radius 1 is 1.36 bits per heavy atom. The largest absolute Gasteiger partial charge is 0.475 e. The van der Waals surface area contributed by atoms with Crippen LogP contribution < -0.4 is 0 Å². The summed E-state index contributed by atoms with van der Waals surface area (Å²) in [6, 6.07) is 4.53. The molecule has 0 atom stereocenters. The first-order valence-corrected chi connectivity index (χ1v) is 2.90. The van der Waals surface area contributed by atoms with Crippen molar-refractivity contribution >= 4 is 11.8 Å². The summed E-state index contributed by atoms with van der Waals surface area (Å²) < 4.78 is 0. The van der Waals surface area contributed by atoms with Crippen LogP contribution in [0.2, 0.25) is 0 Å². The standard InChI is InChI=1S/C7H5NO3/c9-6(7(10)11)5-3-1-2-4-8-5/h1-4H,(H,10,11)/i4+1. The lowest BCUT2D eigenvalue weighted by molar-refractivity contribution is -0.131. The first-order valence-electron chi connectivity index (χ1n) is 2.90. The van der Waals surface area contributed by atoms with E-state index >= 15 is 0 Å². The lowest BCUT2D eigenvalue weighted by Gasteiger charge is -1.90. The molecule has 1 N–H and O–H groups in total. The molecule has 1 aromatic rings. The van der Waals surface area contributed by atoms with Gasteiger partial charge in [-0.05, 0) is 12.1 Å².